The van der Waals surface area contributed by atoms with Crippen LogP contribution in [0.15, 0.2) is 12.1 Å². The van der Waals surface area contributed by atoms with Crippen LogP contribution >= 0.6 is 11.6 Å². The molecule has 1 aromatic rings. The Kier molecular flexibility index (Phi) is 4.14. The van der Waals surface area contributed by atoms with E-state index in [2.05, 4.69) is 6.92 Å². The molecule has 19 heavy (non-hydrogen) atoms. The summed E-state index contributed by atoms with van der Waals surface area (Å²) in [5.74, 6) is 1.07. The van der Waals surface area contributed by atoms with E-state index in [1.54, 1.807) is 6.07 Å². The van der Waals surface area contributed by atoms with Gasteiger partial charge in [-0.3, -0.25) is 10.1 Å². The van der Waals surface area contributed by atoms with Crippen LogP contribution in [0, 0.1) is 16.0 Å². The minimum atomic E-state index is -0.401. The molecular weight excluding hydrogens is 268 g/mol. The highest BCUT2D eigenvalue weighted by molar-refractivity contribution is 6.34. The molecule has 6 heteroatoms. The molecule has 0 amide bonds. The highest BCUT2D eigenvalue weighted by Crippen LogP contribution is 2.40. The minimum absolute atomic E-state index is 0.0129. The molecule has 1 aromatic carbocycles. The molecule has 1 saturated heterocycles. The Labute approximate surface area is 117 Å². The van der Waals surface area contributed by atoms with E-state index in [-0.39, 0.29) is 5.69 Å². The van der Waals surface area contributed by atoms with Gasteiger partial charge >= 0.3 is 0 Å². The number of ether oxygens (including phenoxy) is 1. The predicted octanol–water partition coefficient (Wildman–Crippen LogP) is 3.49. The molecule has 0 unspecified atom stereocenters. The minimum Gasteiger partial charge on any atom is -0.496 e. The topological polar surface area (TPSA) is 55.6 Å². The molecule has 0 spiro atoms. The van der Waals surface area contributed by atoms with Gasteiger partial charge in [-0.1, -0.05) is 18.5 Å². The van der Waals surface area contributed by atoms with Crippen molar-refractivity contribution >= 4 is 23.0 Å². The molecule has 5 nitrogen and oxygen atoms in total. The number of hydrogen-bond acceptors (Lipinski definition) is 4. The molecule has 1 heterocycles. The first-order valence-corrected chi connectivity index (χ1v) is 6.67. The maximum absolute atomic E-state index is 11.2. The van der Waals surface area contributed by atoms with Crippen LogP contribution in [0.1, 0.15) is 19.8 Å². The van der Waals surface area contributed by atoms with Gasteiger partial charge in [-0.15, -0.1) is 0 Å². The summed E-state index contributed by atoms with van der Waals surface area (Å²) in [5, 5.41) is 11.6. The molecule has 1 aliphatic rings. The zero-order valence-electron chi connectivity index (χ0n) is 11.1. The Bertz CT molecular complexity index is 485. The van der Waals surface area contributed by atoms with E-state index in [4.69, 9.17) is 16.3 Å². The van der Waals surface area contributed by atoms with Crippen molar-refractivity contribution in [1.82, 2.24) is 0 Å². The molecule has 1 fully saturated rings. The third-order valence-electron chi connectivity index (χ3n) is 3.55. The van der Waals surface area contributed by atoms with Crippen LogP contribution in [-0.2, 0) is 0 Å². The van der Waals surface area contributed by atoms with E-state index in [1.807, 2.05) is 4.90 Å². The van der Waals surface area contributed by atoms with Crippen molar-refractivity contribution < 1.29 is 9.66 Å². The van der Waals surface area contributed by atoms with Crippen LogP contribution in [0.2, 0.25) is 5.02 Å². The first kappa shape index (κ1) is 13.9. The highest BCUT2D eigenvalue weighted by atomic mass is 35.5. The van der Waals surface area contributed by atoms with E-state index >= 15 is 0 Å². The van der Waals surface area contributed by atoms with Crippen molar-refractivity contribution in [1.29, 1.82) is 0 Å². The van der Waals surface area contributed by atoms with Crippen molar-refractivity contribution in [3.63, 3.8) is 0 Å². The zero-order valence-corrected chi connectivity index (χ0v) is 11.8. The van der Waals surface area contributed by atoms with E-state index < -0.39 is 4.92 Å². The fourth-order valence-corrected chi connectivity index (χ4v) is 2.69. The fraction of sp³-hybridized carbons (Fsp3) is 0.538. The summed E-state index contributed by atoms with van der Waals surface area (Å²) in [7, 11) is 1.47. The summed E-state index contributed by atoms with van der Waals surface area (Å²) in [6.07, 6.45) is 2.05. The molecular formula is C13H17ClN2O3. The summed E-state index contributed by atoms with van der Waals surface area (Å²) in [4.78, 5) is 12.8. The van der Waals surface area contributed by atoms with Crippen LogP contribution in [0.5, 0.6) is 5.75 Å². The van der Waals surface area contributed by atoms with Gasteiger partial charge in [0.25, 0.3) is 5.69 Å². The molecule has 1 aliphatic heterocycles. The number of hydrogen-bond donors (Lipinski definition) is 0. The van der Waals surface area contributed by atoms with Gasteiger partial charge in [0.1, 0.15) is 11.4 Å². The quantitative estimate of drug-likeness (QED) is 0.630. The zero-order chi connectivity index (χ0) is 14.0. The Morgan fingerprint density at radius 1 is 1.42 bits per heavy atom. The third kappa shape index (κ3) is 2.92. The third-order valence-corrected chi connectivity index (χ3v) is 3.84. The molecule has 104 valence electrons. The van der Waals surface area contributed by atoms with E-state index in [0.717, 1.165) is 25.9 Å². The molecule has 0 N–H and O–H groups in total. The predicted molar refractivity (Wildman–Crippen MR) is 75.3 cm³/mol. The molecule has 0 atom stereocenters. The summed E-state index contributed by atoms with van der Waals surface area (Å²) >= 11 is 6.20. The highest BCUT2D eigenvalue weighted by Gasteiger charge is 2.27. The average Bonchev–Trinajstić information content (AvgIpc) is 2.39. The second-order valence-corrected chi connectivity index (χ2v) is 5.31. The van der Waals surface area contributed by atoms with Crippen molar-refractivity contribution in [2.45, 2.75) is 19.8 Å². The number of nitro groups is 1. The Hall–Kier alpha value is -1.49. The summed E-state index contributed by atoms with van der Waals surface area (Å²) < 4.78 is 5.04. The lowest BCUT2D eigenvalue weighted by atomic mass is 9.98. The second-order valence-electron chi connectivity index (χ2n) is 4.90. The van der Waals surface area contributed by atoms with Gasteiger partial charge in [-0.2, -0.15) is 0 Å². The molecule has 0 radical (unpaired) electrons. The number of nitrogens with zero attached hydrogens (tertiary/aromatic N) is 2. The van der Waals surface area contributed by atoms with Crippen LogP contribution < -0.4 is 9.64 Å². The molecule has 2 rings (SSSR count). The fourth-order valence-electron chi connectivity index (χ4n) is 2.36. The van der Waals surface area contributed by atoms with E-state index in [9.17, 15) is 10.1 Å². The lowest BCUT2D eigenvalue weighted by Crippen LogP contribution is -2.33. The number of rotatable bonds is 3. The summed E-state index contributed by atoms with van der Waals surface area (Å²) in [5.41, 5.74) is 0.526. The smallest absolute Gasteiger partial charge is 0.297 e. The standard InChI is InChI=1S/C13H17ClN2O3/c1-9-3-5-15(6-4-9)13-11(14)7-10(19-2)8-12(13)16(17)18/h7-9H,3-6H2,1-2H3. The van der Waals surface area contributed by atoms with Crippen LogP contribution in [-0.4, -0.2) is 25.1 Å². The molecule has 0 aromatic heterocycles. The summed E-state index contributed by atoms with van der Waals surface area (Å²) in [6.45, 7) is 3.80. The lowest BCUT2D eigenvalue weighted by Gasteiger charge is -2.32. The van der Waals surface area contributed by atoms with Crippen molar-refractivity contribution in [2.24, 2.45) is 5.92 Å². The maximum Gasteiger partial charge on any atom is 0.297 e. The van der Waals surface area contributed by atoms with Gasteiger partial charge in [-0.05, 0) is 18.8 Å². The molecule has 0 saturated carbocycles. The summed E-state index contributed by atoms with van der Waals surface area (Å²) in [6, 6.07) is 3.06. The van der Waals surface area contributed by atoms with Gasteiger partial charge in [0.05, 0.1) is 23.1 Å². The van der Waals surface area contributed by atoms with Gasteiger partial charge in [0.2, 0.25) is 0 Å². The number of halogens is 1. The molecule has 0 aliphatic carbocycles. The number of benzene rings is 1. The maximum atomic E-state index is 11.2. The first-order valence-electron chi connectivity index (χ1n) is 6.29. The number of methoxy groups -OCH3 is 1. The van der Waals surface area contributed by atoms with Crippen LogP contribution in [0.4, 0.5) is 11.4 Å². The van der Waals surface area contributed by atoms with Crippen molar-refractivity contribution in [2.75, 3.05) is 25.1 Å². The molecule has 0 bridgehead atoms. The lowest BCUT2D eigenvalue weighted by molar-refractivity contribution is -0.384. The van der Waals surface area contributed by atoms with Crippen LogP contribution in [0.3, 0.4) is 0 Å². The largest absolute Gasteiger partial charge is 0.496 e. The number of piperidine rings is 1. The Balaban J connectivity index is 2.40. The van der Waals surface area contributed by atoms with E-state index in [0.29, 0.717) is 22.4 Å². The van der Waals surface area contributed by atoms with Crippen molar-refractivity contribution in [3.05, 3.63) is 27.3 Å². The van der Waals surface area contributed by atoms with Gasteiger partial charge in [0, 0.05) is 19.2 Å². The van der Waals surface area contributed by atoms with E-state index in [1.165, 1.54) is 13.2 Å². The Morgan fingerprint density at radius 3 is 2.58 bits per heavy atom. The van der Waals surface area contributed by atoms with Crippen LogP contribution in [0.25, 0.3) is 0 Å². The van der Waals surface area contributed by atoms with Gasteiger partial charge in [-0.25, -0.2) is 0 Å². The van der Waals surface area contributed by atoms with Gasteiger partial charge < -0.3 is 9.64 Å². The second kappa shape index (κ2) is 5.65. The van der Waals surface area contributed by atoms with Crippen molar-refractivity contribution in [3.8, 4) is 5.75 Å². The Morgan fingerprint density at radius 2 is 2.05 bits per heavy atom. The first-order chi connectivity index (χ1) is 9.02. The number of nitro benzene ring substituents is 1. The normalized spacial score (nSPS) is 16.5. The monoisotopic (exact) mass is 284 g/mol. The number of anilines is 1. The average molecular weight is 285 g/mol. The van der Waals surface area contributed by atoms with Gasteiger partial charge in [0.15, 0.2) is 0 Å². The SMILES string of the molecule is COc1cc(Cl)c(N2CCC(C)CC2)c([N+](=O)[O-])c1.